The number of nitrogens with one attached hydrogen (secondary N) is 1. The van der Waals surface area contributed by atoms with E-state index in [-0.39, 0.29) is 5.91 Å². The summed E-state index contributed by atoms with van der Waals surface area (Å²) in [6.45, 7) is 1.44. The van der Waals surface area contributed by atoms with Crippen molar-refractivity contribution in [2.75, 3.05) is 13.2 Å². The molecule has 6 heteroatoms. The summed E-state index contributed by atoms with van der Waals surface area (Å²) in [7, 11) is 0. The van der Waals surface area contributed by atoms with Gasteiger partial charge in [0.05, 0.1) is 10.6 Å². The zero-order valence-corrected chi connectivity index (χ0v) is 13.1. The summed E-state index contributed by atoms with van der Waals surface area (Å²) in [4.78, 5) is 12.2. The summed E-state index contributed by atoms with van der Waals surface area (Å²) >= 11 is 11.9. The van der Waals surface area contributed by atoms with Gasteiger partial charge in [0, 0.05) is 11.6 Å². The number of fused-ring (bicyclic) bond motifs is 1. The van der Waals surface area contributed by atoms with Crippen molar-refractivity contribution >= 4 is 29.1 Å². The lowest BCUT2D eigenvalue weighted by Gasteiger charge is -2.19. The van der Waals surface area contributed by atoms with Crippen LogP contribution in [0.1, 0.15) is 15.9 Å². The predicted molar refractivity (Wildman–Crippen MR) is 85.1 cm³/mol. The van der Waals surface area contributed by atoms with Crippen molar-refractivity contribution in [1.82, 2.24) is 5.32 Å². The van der Waals surface area contributed by atoms with Crippen LogP contribution in [0.25, 0.3) is 0 Å². The van der Waals surface area contributed by atoms with E-state index in [1.807, 2.05) is 18.2 Å². The number of amides is 1. The highest BCUT2D eigenvalue weighted by Gasteiger charge is 2.13. The quantitative estimate of drug-likeness (QED) is 0.928. The molecule has 0 fully saturated rings. The number of ether oxygens (including phenoxy) is 2. The second-order valence-corrected chi connectivity index (χ2v) is 5.63. The van der Waals surface area contributed by atoms with Crippen molar-refractivity contribution in [3.63, 3.8) is 0 Å². The molecule has 0 radical (unpaired) electrons. The van der Waals surface area contributed by atoms with E-state index >= 15 is 0 Å². The molecular formula is C16H13Cl2NO3. The molecular weight excluding hydrogens is 325 g/mol. The van der Waals surface area contributed by atoms with Crippen LogP contribution in [0.15, 0.2) is 36.4 Å². The molecule has 114 valence electrons. The lowest BCUT2D eigenvalue weighted by molar-refractivity contribution is 0.0951. The predicted octanol–water partition coefficient (Wildman–Crippen LogP) is 3.69. The molecule has 1 amide bonds. The minimum absolute atomic E-state index is 0.276. The van der Waals surface area contributed by atoms with Crippen LogP contribution in [-0.2, 0) is 6.54 Å². The average Bonchev–Trinajstić information content (AvgIpc) is 2.54. The average molecular weight is 338 g/mol. The number of rotatable bonds is 3. The summed E-state index contributed by atoms with van der Waals surface area (Å²) in [5.74, 6) is 1.14. The van der Waals surface area contributed by atoms with Gasteiger partial charge in [-0.1, -0.05) is 29.3 Å². The molecule has 0 aromatic heterocycles. The smallest absolute Gasteiger partial charge is 0.253 e. The van der Waals surface area contributed by atoms with E-state index in [0.717, 1.165) is 11.3 Å². The number of benzene rings is 2. The molecule has 0 saturated heterocycles. The summed E-state index contributed by atoms with van der Waals surface area (Å²) in [5, 5.41) is 3.64. The Hall–Kier alpha value is -1.91. The summed E-state index contributed by atoms with van der Waals surface area (Å²) < 4.78 is 11.0. The van der Waals surface area contributed by atoms with E-state index in [1.165, 1.54) is 0 Å². The van der Waals surface area contributed by atoms with Crippen LogP contribution in [0.4, 0.5) is 0 Å². The Bertz CT molecular complexity index is 719. The van der Waals surface area contributed by atoms with Gasteiger partial charge in [-0.05, 0) is 35.9 Å². The maximum Gasteiger partial charge on any atom is 0.253 e. The molecule has 3 rings (SSSR count). The van der Waals surface area contributed by atoms with Crippen LogP contribution in [0.2, 0.25) is 10.0 Å². The van der Waals surface area contributed by atoms with Gasteiger partial charge in [-0.25, -0.2) is 0 Å². The summed E-state index contributed by atoms with van der Waals surface area (Å²) in [6, 6.07) is 10.4. The van der Waals surface area contributed by atoms with Crippen LogP contribution in [0, 0.1) is 0 Å². The molecule has 2 aromatic rings. The van der Waals surface area contributed by atoms with Gasteiger partial charge in [-0.15, -0.1) is 0 Å². The molecule has 1 aliphatic heterocycles. The van der Waals surface area contributed by atoms with E-state index in [1.54, 1.807) is 18.2 Å². The number of hydrogen-bond donors (Lipinski definition) is 1. The van der Waals surface area contributed by atoms with Crippen molar-refractivity contribution < 1.29 is 14.3 Å². The fourth-order valence-corrected chi connectivity index (χ4v) is 2.52. The fourth-order valence-electron chi connectivity index (χ4n) is 2.15. The van der Waals surface area contributed by atoms with Crippen molar-refractivity contribution in [3.05, 3.63) is 57.6 Å². The van der Waals surface area contributed by atoms with E-state index in [9.17, 15) is 4.79 Å². The van der Waals surface area contributed by atoms with Crippen LogP contribution in [-0.4, -0.2) is 19.1 Å². The van der Waals surface area contributed by atoms with Crippen molar-refractivity contribution in [3.8, 4) is 11.5 Å². The van der Waals surface area contributed by atoms with Crippen molar-refractivity contribution in [1.29, 1.82) is 0 Å². The molecule has 22 heavy (non-hydrogen) atoms. The highest BCUT2D eigenvalue weighted by Crippen LogP contribution is 2.30. The Morgan fingerprint density at radius 2 is 1.82 bits per heavy atom. The Morgan fingerprint density at radius 1 is 1.05 bits per heavy atom. The molecule has 1 aliphatic rings. The molecule has 0 spiro atoms. The van der Waals surface area contributed by atoms with Gasteiger partial charge in [0.2, 0.25) is 0 Å². The second kappa shape index (κ2) is 6.46. The number of halogens is 2. The van der Waals surface area contributed by atoms with Crippen LogP contribution in [0.3, 0.4) is 0 Å². The molecule has 4 nitrogen and oxygen atoms in total. The van der Waals surface area contributed by atoms with Crippen LogP contribution >= 0.6 is 23.2 Å². The number of hydrogen-bond acceptors (Lipinski definition) is 3. The second-order valence-electron chi connectivity index (χ2n) is 4.78. The van der Waals surface area contributed by atoms with Crippen LogP contribution in [0.5, 0.6) is 11.5 Å². The van der Waals surface area contributed by atoms with E-state index in [0.29, 0.717) is 41.1 Å². The van der Waals surface area contributed by atoms with Gasteiger partial charge in [0.25, 0.3) is 5.91 Å². The van der Waals surface area contributed by atoms with E-state index in [2.05, 4.69) is 5.32 Å². The molecule has 0 unspecified atom stereocenters. The van der Waals surface area contributed by atoms with E-state index in [4.69, 9.17) is 32.7 Å². The zero-order chi connectivity index (χ0) is 15.5. The van der Waals surface area contributed by atoms with Crippen molar-refractivity contribution in [2.24, 2.45) is 0 Å². The highest BCUT2D eigenvalue weighted by atomic mass is 35.5. The first kappa shape index (κ1) is 15.0. The maximum absolute atomic E-state index is 12.2. The van der Waals surface area contributed by atoms with E-state index < -0.39 is 0 Å². The first-order valence-corrected chi connectivity index (χ1v) is 7.51. The third-order valence-corrected chi connectivity index (χ3v) is 3.80. The molecule has 0 bridgehead atoms. The van der Waals surface area contributed by atoms with Gasteiger partial charge >= 0.3 is 0 Å². The maximum atomic E-state index is 12.2. The van der Waals surface area contributed by atoms with Gasteiger partial charge < -0.3 is 14.8 Å². The summed E-state index contributed by atoms with van der Waals surface area (Å²) in [6.07, 6.45) is 0. The van der Waals surface area contributed by atoms with Crippen molar-refractivity contribution in [2.45, 2.75) is 6.54 Å². The number of carbonyl (C=O) groups is 1. The van der Waals surface area contributed by atoms with Gasteiger partial charge in [-0.2, -0.15) is 0 Å². The Morgan fingerprint density at radius 3 is 2.64 bits per heavy atom. The Balaban J connectivity index is 1.69. The highest BCUT2D eigenvalue weighted by molar-refractivity contribution is 6.35. The van der Waals surface area contributed by atoms with Gasteiger partial charge in [-0.3, -0.25) is 4.79 Å². The first-order valence-electron chi connectivity index (χ1n) is 6.75. The minimum Gasteiger partial charge on any atom is -0.486 e. The number of carbonyl (C=O) groups excluding carboxylic acids is 1. The fraction of sp³-hybridized carbons (Fsp3) is 0.188. The molecule has 0 atom stereocenters. The Labute approximate surface area is 137 Å². The lowest BCUT2D eigenvalue weighted by atomic mass is 10.1. The zero-order valence-electron chi connectivity index (χ0n) is 11.6. The monoisotopic (exact) mass is 337 g/mol. The summed E-state index contributed by atoms with van der Waals surface area (Å²) in [5.41, 5.74) is 1.27. The largest absolute Gasteiger partial charge is 0.486 e. The van der Waals surface area contributed by atoms with Gasteiger partial charge in [0.15, 0.2) is 11.5 Å². The molecule has 0 aliphatic carbocycles. The normalized spacial score (nSPS) is 12.8. The van der Waals surface area contributed by atoms with Crippen LogP contribution < -0.4 is 14.8 Å². The standard InChI is InChI=1S/C16H13Cl2NO3/c17-11-2-3-13(18)12(8-11)16(20)19-9-10-1-4-14-15(7-10)22-6-5-21-14/h1-4,7-8H,5-6,9H2,(H,19,20). The topological polar surface area (TPSA) is 47.6 Å². The molecule has 1 heterocycles. The molecule has 0 saturated carbocycles. The Kier molecular flexibility index (Phi) is 4.41. The molecule has 1 N–H and O–H groups in total. The SMILES string of the molecule is O=C(NCc1ccc2c(c1)OCCO2)c1cc(Cl)ccc1Cl. The van der Waals surface area contributed by atoms with Gasteiger partial charge in [0.1, 0.15) is 13.2 Å². The first-order chi connectivity index (χ1) is 10.6. The third-order valence-electron chi connectivity index (χ3n) is 3.23. The molecule has 2 aromatic carbocycles. The third kappa shape index (κ3) is 3.29. The lowest BCUT2D eigenvalue weighted by Crippen LogP contribution is -2.23. The minimum atomic E-state index is -0.276.